The highest BCUT2D eigenvalue weighted by Crippen LogP contribution is 2.50. The van der Waals surface area contributed by atoms with Crippen molar-refractivity contribution in [1.82, 2.24) is 0 Å². The standard InChI is InChI=1S/C13H16O4S/c1-3-18(15,16)10-4-5-12(17-2)11(8-10)13(9-14)6-7-13/h4-5,8-9H,3,6-7H2,1-2H3. The molecule has 0 spiro atoms. The maximum atomic E-state index is 11.9. The zero-order valence-electron chi connectivity index (χ0n) is 10.5. The van der Waals surface area contributed by atoms with Gasteiger partial charge in [0.15, 0.2) is 9.84 Å². The second kappa shape index (κ2) is 4.39. The Balaban J connectivity index is 2.57. The summed E-state index contributed by atoms with van der Waals surface area (Å²) in [6.07, 6.45) is 2.40. The molecule has 0 bridgehead atoms. The normalized spacial score (nSPS) is 17.2. The summed E-state index contributed by atoms with van der Waals surface area (Å²) in [5, 5.41) is 0. The fourth-order valence-corrected chi connectivity index (χ4v) is 2.93. The molecule has 0 saturated heterocycles. The number of aldehydes is 1. The van der Waals surface area contributed by atoms with Crippen LogP contribution in [0.2, 0.25) is 0 Å². The number of ether oxygens (including phenoxy) is 1. The van der Waals surface area contributed by atoms with E-state index in [0.717, 1.165) is 19.1 Å². The summed E-state index contributed by atoms with van der Waals surface area (Å²) in [5.41, 5.74) is 0.152. The smallest absolute Gasteiger partial charge is 0.178 e. The quantitative estimate of drug-likeness (QED) is 0.763. The molecular weight excluding hydrogens is 252 g/mol. The zero-order chi connectivity index (χ0) is 13.4. The molecule has 5 heteroatoms. The summed E-state index contributed by atoms with van der Waals surface area (Å²) in [5.74, 6) is 0.627. The van der Waals surface area contributed by atoms with Crippen molar-refractivity contribution in [2.45, 2.75) is 30.1 Å². The highest BCUT2D eigenvalue weighted by molar-refractivity contribution is 7.91. The lowest BCUT2D eigenvalue weighted by Gasteiger charge is -2.14. The topological polar surface area (TPSA) is 60.4 Å². The average molecular weight is 268 g/mol. The molecule has 0 heterocycles. The zero-order valence-corrected chi connectivity index (χ0v) is 11.3. The van der Waals surface area contributed by atoms with Gasteiger partial charge < -0.3 is 9.53 Å². The second-order valence-corrected chi connectivity index (χ2v) is 6.82. The van der Waals surface area contributed by atoms with Crippen molar-refractivity contribution in [3.8, 4) is 5.75 Å². The Morgan fingerprint density at radius 3 is 2.50 bits per heavy atom. The van der Waals surface area contributed by atoms with Crippen molar-refractivity contribution in [2.75, 3.05) is 12.9 Å². The Labute approximate surface area is 107 Å². The van der Waals surface area contributed by atoms with Crippen LogP contribution in [0.5, 0.6) is 5.75 Å². The van der Waals surface area contributed by atoms with E-state index in [0.29, 0.717) is 11.3 Å². The molecule has 0 unspecified atom stereocenters. The maximum absolute atomic E-state index is 11.9. The first-order chi connectivity index (χ1) is 8.49. The van der Waals surface area contributed by atoms with E-state index in [1.165, 1.54) is 13.2 Å². The van der Waals surface area contributed by atoms with Crippen LogP contribution in [-0.4, -0.2) is 27.6 Å². The molecule has 2 rings (SSSR count). The molecule has 4 nitrogen and oxygen atoms in total. The highest BCUT2D eigenvalue weighted by Gasteiger charge is 2.46. The molecule has 1 aliphatic carbocycles. The minimum absolute atomic E-state index is 0.0485. The molecule has 1 saturated carbocycles. The van der Waals surface area contributed by atoms with E-state index in [2.05, 4.69) is 0 Å². The number of hydrogen-bond donors (Lipinski definition) is 0. The first kappa shape index (κ1) is 13.1. The Morgan fingerprint density at radius 1 is 1.39 bits per heavy atom. The molecule has 1 aromatic rings. The van der Waals surface area contributed by atoms with E-state index >= 15 is 0 Å². The van der Waals surface area contributed by atoms with Crippen LogP contribution in [0.4, 0.5) is 0 Å². The lowest BCUT2D eigenvalue weighted by atomic mass is 9.97. The van der Waals surface area contributed by atoms with Gasteiger partial charge in [-0.1, -0.05) is 6.92 Å². The number of methoxy groups -OCH3 is 1. The molecular formula is C13H16O4S. The van der Waals surface area contributed by atoms with Gasteiger partial charge in [-0.15, -0.1) is 0 Å². The molecule has 0 amide bonds. The maximum Gasteiger partial charge on any atom is 0.178 e. The van der Waals surface area contributed by atoms with Gasteiger partial charge in [-0.25, -0.2) is 8.42 Å². The molecule has 0 N–H and O–H groups in total. The molecule has 0 aromatic heterocycles. The van der Waals surface area contributed by atoms with Crippen molar-refractivity contribution in [3.63, 3.8) is 0 Å². The SMILES string of the molecule is CCS(=O)(=O)c1ccc(OC)c(C2(C=O)CC2)c1. The summed E-state index contributed by atoms with van der Waals surface area (Å²) in [6, 6.07) is 4.74. The molecule has 18 heavy (non-hydrogen) atoms. The molecule has 0 atom stereocenters. The van der Waals surface area contributed by atoms with Crippen molar-refractivity contribution in [2.24, 2.45) is 0 Å². The Bertz CT molecular complexity index is 571. The number of sulfone groups is 1. The van der Waals surface area contributed by atoms with E-state index in [-0.39, 0.29) is 10.6 Å². The van der Waals surface area contributed by atoms with Crippen LogP contribution in [0, 0.1) is 0 Å². The van der Waals surface area contributed by atoms with Gasteiger partial charge in [0.2, 0.25) is 0 Å². The summed E-state index contributed by atoms with van der Waals surface area (Å²) in [4.78, 5) is 11.4. The fourth-order valence-electron chi connectivity index (χ4n) is 2.02. The van der Waals surface area contributed by atoms with Gasteiger partial charge in [-0.2, -0.15) is 0 Å². The predicted molar refractivity (Wildman–Crippen MR) is 67.7 cm³/mol. The average Bonchev–Trinajstić information content (AvgIpc) is 3.19. The second-order valence-electron chi connectivity index (χ2n) is 4.54. The van der Waals surface area contributed by atoms with E-state index in [4.69, 9.17) is 4.74 Å². The monoisotopic (exact) mass is 268 g/mol. The molecule has 0 aliphatic heterocycles. The highest BCUT2D eigenvalue weighted by atomic mass is 32.2. The Morgan fingerprint density at radius 2 is 2.06 bits per heavy atom. The molecule has 1 aliphatic rings. The van der Waals surface area contributed by atoms with Crippen molar-refractivity contribution < 1.29 is 17.9 Å². The lowest BCUT2D eigenvalue weighted by molar-refractivity contribution is -0.109. The van der Waals surface area contributed by atoms with Gasteiger partial charge >= 0.3 is 0 Å². The number of carbonyl (C=O) groups is 1. The van der Waals surface area contributed by atoms with Crippen LogP contribution in [-0.2, 0) is 20.0 Å². The van der Waals surface area contributed by atoms with E-state index in [9.17, 15) is 13.2 Å². The van der Waals surface area contributed by atoms with E-state index < -0.39 is 15.3 Å². The molecule has 98 valence electrons. The number of rotatable bonds is 5. The summed E-state index contributed by atoms with van der Waals surface area (Å²) in [6.45, 7) is 1.60. The van der Waals surface area contributed by atoms with Gasteiger partial charge in [0.1, 0.15) is 12.0 Å². The summed E-state index contributed by atoms with van der Waals surface area (Å²) < 4.78 is 28.9. The van der Waals surface area contributed by atoms with Crippen molar-refractivity contribution in [3.05, 3.63) is 23.8 Å². The van der Waals surface area contributed by atoms with Crippen LogP contribution in [0.1, 0.15) is 25.3 Å². The number of benzene rings is 1. The van der Waals surface area contributed by atoms with Crippen LogP contribution < -0.4 is 4.74 Å². The number of carbonyl (C=O) groups excluding carboxylic acids is 1. The van der Waals surface area contributed by atoms with Crippen LogP contribution in [0.25, 0.3) is 0 Å². The molecule has 0 radical (unpaired) electrons. The van der Waals surface area contributed by atoms with Crippen LogP contribution >= 0.6 is 0 Å². The minimum atomic E-state index is -3.26. The van der Waals surface area contributed by atoms with Gasteiger partial charge in [0.05, 0.1) is 23.2 Å². The Hall–Kier alpha value is -1.36. The van der Waals surface area contributed by atoms with E-state index in [1.54, 1.807) is 19.1 Å². The van der Waals surface area contributed by atoms with Crippen LogP contribution in [0.15, 0.2) is 23.1 Å². The fraction of sp³-hybridized carbons (Fsp3) is 0.462. The lowest BCUT2D eigenvalue weighted by Crippen LogP contribution is -2.12. The third kappa shape index (κ3) is 2.03. The largest absolute Gasteiger partial charge is 0.496 e. The minimum Gasteiger partial charge on any atom is -0.496 e. The summed E-state index contributed by atoms with van der Waals surface area (Å²) in [7, 11) is -1.74. The Kier molecular flexibility index (Phi) is 3.19. The van der Waals surface area contributed by atoms with Crippen molar-refractivity contribution in [1.29, 1.82) is 0 Å². The van der Waals surface area contributed by atoms with E-state index in [1.807, 2.05) is 0 Å². The van der Waals surface area contributed by atoms with Gasteiger partial charge in [0, 0.05) is 5.56 Å². The molecule has 1 fully saturated rings. The van der Waals surface area contributed by atoms with Crippen molar-refractivity contribution >= 4 is 16.1 Å². The first-order valence-corrected chi connectivity index (χ1v) is 7.52. The third-order valence-electron chi connectivity index (χ3n) is 3.46. The van der Waals surface area contributed by atoms with Crippen LogP contribution in [0.3, 0.4) is 0 Å². The predicted octanol–water partition coefficient (Wildman–Crippen LogP) is 1.72. The van der Waals surface area contributed by atoms with Gasteiger partial charge in [-0.3, -0.25) is 0 Å². The molecule has 1 aromatic carbocycles. The first-order valence-electron chi connectivity index (χ1n) is 5.87. The third-order valence-corrected chi connectivity index (χ3v) is 5.19. The van der Waals surface area contributed by atoms with Gasteiger partial charge in [-0.05, 0) is 31.0 Å². The summed E-state index contributed by atoms with van der Waals surface area (Å²) >= 11 is 0. The van der Waals surface area contributed by atoms with Gasteiger partial charge in [0.25, 0.3) is 0 Å². The number of hydrogen-bond acceptors (Lipinski definition) is 4.